The van der Waals surface area contributed by atoms with Crippen LogP contribution in [0.5, 0.6) is 5.75 Å². The Hall–Kier alpha value is -3.65. The van der Waals surface area contributed by atoms with Crippen LogP contribution in [0, 0.1) is 6.92 Å². The van der Waals surface area contributed by atoms with E-state index in [-0.39, 0.29) is 24.6 Å². The molecule has 2 amide bonds. The number of carbonyl (C=O) groups is 2. The van der Waals surface area contributed by atoms with Crippen LogP contribution < -0.4 is 16.0 Å². The summed E-state index contributed by atoms with van der Waals surface area (Å²) in [5, 5.41) is 1.25. The number of primary amides is 1. The SMILES string of the molecule is Cc1ccccc1-c1c[nH]c(=O)c2cc(O[C@H](C)C(=O)N3CCOC[C@@H]3C(N)=O)ccc12. The maximum atomic E-state index is 12.9. The summed E-state index contributed by atoms with van der Waals surface area (Å²) in [4.78, 5) is 41.3. The topological polar surface area (TPSA) is 115 Å². The first-order chi connectivity index (χ1) is 15.4. The minimum absolute atomic E-state index is 0.0703. The van der Waals surface area contributed by atoms with Crippen molar-refractivity contribution in [3.63, 3.8) is 0 Å². The molecule has 0 aliphatic carbocycles. The molecule has 0 spiro atoms. The predicted molar refractivity (Wildman–Crippen MR) is 120 cm³/mol. The van der Waals surface area contributed by atoms with Gasteiger partial charge < -0.3 is 25.1 Å². The van der Waals surface area contributed by atoms with E-state index < -0.39 is 18.1 Å². The maximum Gasteiger partial charge on any atom is 0.264 e. The van der Waals surface area contributed by atoms with Crippen LogP contribution in [-0.4, -0.2) is 53.6 Å². The number of hydrogen-bond donors (Lipinski definition) is 2. The van der Waals surface area contributed by atoms with Gasteiger partial charge >= 0.3 is 0 Å². The van der Waals surface area contributed by atoms with Gasteiger partial charge in [-0.05, 0) is 48.6 Å². The van der Waals surface area contributed by atoms with Crippen molar-refractivity contribution in [2.45, 2.75) is 26.0 Å². The summed E-state index contributed by atoms with van der Waals surface area (Å²) in [6.45, 7) is 4.28. The molecule has 1 saturated heterocycles. The molecule has 32 heavy (non-hydrogen) atoms. The molecule has 166 valence electrons. The van der Waals surface area contributed by atoms with Crippen LogP contribution in [0.1, 0.15) is 12.5 Å². The lowest BCUT2D eigenvalue weighted by atomic mass is 9.97. The Kier molecular flexibility index (Phi) is 5.96. The van der Waals surface area contributed by atoms with E-state index >= 15 is 0 Å². The molecule has 4 rings (SSSR count). The molecule has 1 fully saturated rings. The number of amides is 2. The Morgan fingerprint density at radius 1 is 1.19 bits per heavy atom. The molecule has 1 aliphatic rings. The molecule has 3 aromatic rings. The summed E-state index contributed by atoms with van der Waals surface area (Å²) in [6, 6.07) is 12.3. The second kappa shape index (κ2) is 8.84. The van der Waals surface area contributed by atoms with E-state index in [0.717, 1.165) is 22.1 Å². The molecule has 2 heterocycles. The summed E-state index contributed by atoms with van der Waals surface area (Å²) in [5.74, 6) is -0.597. The average molecular weight is 435 g/mol. The molecule has 2 atom stereocenters. The molecule has 1 aliphatic heterocycles. The van der Waals surface area contributed by atoms with Gasteiger partial charge in [0.2, 0.25) is 5.91 Å². The van der Waals surface area contributed by atoms with Gasteiger partial charge in [0.25, 0.3) is 11.5 Å². The molecule has 0 radical (unpaired) electrons. The van der Waals surface area contributed by atoms with Gasteiger partial charge in [-0.1, -0.05) is 24.3 Å². The summed E-state index contributed by atoms with van der Waals surface area (Å²) >= 11 is 0. The fraction of sp³-hybridized carbons (Fsp3) is 0.292. The fourth-order valence-corrected chi connectivity index (χ4v) is 4.00. The zero-order valence-electron chi connectivity index (χ0n) is 18.0. The van der Waals surface area contributed by atoms with Gasteiger partial charge in [-0.3, -0.25) is 14.4 Å². The van der Waals surface area contributed by atoms with Crippen LogP contribution in [0.3, 0.4) is 0 Å². The number of nitrogens with one attached hydrogen (secondary N) is 1. The molecule has 3 N–H and O–H groups in total. The number of pyridine rings is 1. The van der Waals surface area contributed by atoms with Gasteiger partial charge in [-0.25, -0.2) is 0 Å². The maximum absolute atomic E-state index is 12.9. The molecule has 0 saturated carbocycles. The number of aryl methyl sites for hydroxylation is 1. The largest absolute Gasteiger partial charge is 0.481 e. The lowest BCUT2D eigenvalue weighted by Gasteiger charge is -2.35. The molecule has 0 unspecified atom stereocenters. The van der Waals surface area contributed by atoms with Crippen molar-refractivity contribution in [3.05, 3.63) is 64.6 Å². The second-order valence-electron chi connectivity index (χ2n) is 7.84. The lowest BCUT2D eigenvalue weighted by Crippen LogP contribution is -2.57. The standard InChI is InChI=1S/C24H25N3O5/c1-14-5-3-4-6-17(14)20-12-26-23(29)19-11-16(7-8-18(19)20)32-15(2)24(30)27-9-10-31-13-21(27)22(25)28/h3-8,11-12,15,21H,9-10,13H2,1-2H3,(H2,25,28)(H,26,29)/t15-,21-/m1/s1. The number of fused-ring (bicyclic) bond motifs is 1. The number of H-pyrrole nitrogens is 1. The molecule has 8 heteroatoms. The number of aromatic nitrogens is 1. The first-order valence-corrected chi connectivity index (χ1v) is 10.4. The van der Waals surface area contributed by atoms with Gasteiger partial charge in [0.15, 0.2) is 6.10 Å². The van der Waals surface area contributed by atoms with Crippen molar-refractivity contribution in [3.8, 4) is 16.9 Å². The third kappa shape index (κ3) is 4.09. The van der Waals surface area contributed by atoms with Crippen LogP contribution in [0.4, 0.5) is 0 Å². The quantitative estimate of drug-likeness (QED) is 0.636. The summed E-state index contributed by atoms with van der Waals surface area (Å²) < 4.78 is 11.1. The predicted octanol–water partition coefficient (Wildman–Crippen LogP) is 1.98. The number of hydrogen-bond acceptors (Lipinski definition) is 5. The molecule has 2 aromatic carbocycles. The normalized spacial score (nSPS) is 17.2. The van der Waals surface area contributed by atoms with Crippen molar-refractivity contribution in [1.82, 2.24) is 9.88 Å². The van der Waals surface area contributed by atoms with E-state index in [2.05, 4.69) is 4.98 Å². The molecule has 8 nitrogen and oxygen atoms in total. The van der Waals surface area contributed by atoms with Gasteiger partial charge in [-0.15, -0.1) is 0 Å². The van der Waals surface area contributed by atoms with Crippen LogP contribution in [0.15, 0.2) is 53.5 Å². The van der Waals surface area contributed by atoms with Crippen molar-refractivity contribution in [1.29, 1.82) is 0 Å². The Morgan fingerprint density at radius 3 is 2.72 bits per heavy atom. The fourth-order valence-electron chi connectivity index (χ4n) is 4.00. The van der Waals surface area contributed by atoms with Gasteiger partial charge in [-0.2, -0.15) is 0 Å². The van der Waals surface area contributed by atoms with Gasteiger partial charge in [0, 0.05) is 18.3 Å². The number of nitrogens with zero attached hydrogens (tertiary/aromatic N) is 1. The number of benzene rings is 2. The van der Waals surface area contributed by atoms with Crippen molar-refractivity contribution in [2.24, 2.45) is 5.73 Å². The van der Waals surface area contributed by atoms with E-state index in [9.17, 15) is 14.4 Å². The highest BCUT2D eigenvalue weighted by molar-refractivity contribution is 5.97. The summed E-state index contributed by atoms with van der Waals surface area (Å²) in [5.41, 5.74) is 8.19. The minimum atomic E-state index is -0.869. The highest BCUT2D eigenvalue weighted by Crippen LogP contribution is 2.30. The van der Waals surface area contributed by atoms with Crippen molar-refractivity contribution in [2.75, 3.05) is 19.8 Å². The third-order valence-corrected chi connectivity index (χ3v) is 5.71. The highest BCUT2D eigenvalue weighted by Gasteiger charge is 2.34. The minimum Gasteiger partial charge on any atom is -0.481 e. The monoisotopic (exact) mass is 435 g/mol. The number of morpholine rings is 1. The van der Waals surface area contributed by atoms with Crippen LogP contribution in [0.25, 0.3) is 21.9 Å². The number of nitrogens with two attached hydrogens (primary N) is 1. The van der Waals surface area contributed by atoms with E-state index in [1.807, 2.05) is 37.3 Å². The van der Waals surface area contributed by atoms with E-state index in [1.165, 1.54) is 4.90 Å². The van der Waals surface area contributed by atoms with Gasteiger partial charge in [0.05, 0.1) is 18.6 Å². The number of aromatic amines is 1. The Labute approximate surface area is 184 Å². The first-order valence-electron chi connectivity index (χ1n) is 10.4. The smallest absolute Gasteiger partial charge is 0.264 e. The Balaban J connectivity index is 1.62. The lowest BCUT2D eigenvalue weighted by molar-refractivity contribution is -0.152. The van der Waals surface area contributed by atoms with E-state index in [0.29, 0.717) is 17.7 Å². The first kappa shape index (κ1) is 21.6. The van der Waals surface area contributed by atoms with Crippen LogP contribution in [0.2, 0.25) is 0 Å². The highest BCUT2D eigenvalue weighted by atomic mass is 16.5. The third-order valence-electron chi connectivity index (χ3n) is 5.71. The molecule has 1 aromatic heterocycles. The molecular weight excluding hydrogens is 410 g/mol. The average Bonchev–Trinajstić information content (AvgIpc) is 2.79. The number of ether oxygens (including phenoxy) is 2. The molecule has 0 bridgehead atoms. The zero-order chi connectivity index (χ0) is 22.8. The van der Waals surface area contributed by atoms with Crippen molar-refractivity contribution < 1.29 is 19.1 Å². The second-order valence-corrected chi connectivity index (χ2v) is 7.84. The summed E-state index contributed by atoms with van der Waals surface area (Å²) in [6.07, 6.45) is 0.841. The van der Waals surface area contributed by atoms with Crippen molar-refractivity contribution >= 4 is 22.6 Å². The van der Waals surface area contributed by atoms with Crippen LogP contribution in [-0.2, 0) is 14.3 Å². The molecular formula is C24H25N3O5. The van der Waals surface area contributed by atoms with E-state index in [1.54, 1.807) is 25.3 Å². The Bertz CT molecular complexity index is 1240. The van der Waals surface area contributed by atoms with Crippen LogP contribution >= 0.6 is 0 Å². The number of carbonyl (C=O) groups excluding carboxylic acids is 2. The number of rotatable bonds is 5. The van der Waals surface area contributed by atoms with Gasteiger partial charge in [0.1, 0.15) is 11.8 Å². The summed E-state index contributed by atoms with van der Waals surface area (Å²) in [7, 11) is 0. The zero-order valence-corrected chi connectivity index (χ0v) is 18.0. The van der Waals surface area contributed by atoms with E-state index in [4.69, 9.17) is 15.2 Å². The Morgan fingerprint density at radius 2 is 1.97 bits per heavy atom.